The van der Waals surface area contributed by atoms with E-state index in [2.05, 4.69) is 10.4 Å². The van der Waals surface area contributed by atoms with E-state index in [4.69, 9.17) is 27.9 Å². The van der Waals surface area contributed by atoms with E-state index in [1.165, 1.54) is 30.9 Å². The lowest BCUT2D eigenvalue weighted by molar-refractivity contribution is 0.0534. The van der Waals surface area contributed by atoms with Crippen LogP contribution >= 0.6 is 23.2 Å². The summed E-state index contributed by atoms with van der Waals surface area (Å²) in [5.74, 6) is -0.508. The number of benzene rings is 1. The van der Waals surface area contributed by atoms with Crippen LogP contribution in [0.5, 0.6) is 0 Å². The largest absolute Gasteiger partial charge is 0.444 e. The van der Waals surface area contributed by atoms with Gasteiger partial charge in [-0.25, -0.2) is 21.9 Å². The highest BCUT2D eigenvalue weighted by molar-refractivity contribution is 7.89. The van der Waals surface area contributed by atoms with E-state index in [1.807, 2.05) is 0 Å². The molecule has 0 aliphatic rings. The molecule has 1 amide bonds. The zero-order chi connectivity index (χ0) is 25.8. The van der Waals surface area contributed by atoms with E-state index < -0.39 is 27.5 Å². The predicted molar refractivity (Wildman–Crippen MR) is 131 cm³/mol. The van der Waals surface area contributed by atoms with Crippen molar-refractivity contribution in [2.45, 2.75) is 51.2 Å². The molecule has 0 aliphatic carbocycles. The standard InChI is InChI=1S/C22H29Cl2FN4O4S/c1-14-17(11-15-7-8-19(18(23)12-15)34(31,32)28(5)6)20(24)27-29(14)13-16(25)9-10-26-21(30)33-22(2,3)4/h7-9,12H,10-11,13H2,1-6H3,(H,26,30)/b16-9-. The molecule has 1 aromatic carbocycles. The van der Waals surface area contributed by atoms with Crippen molar-refractivity contribution < 1.29 is 22.3 Å². The molecule has 8 nitrogen and oxygen atoms in total. The van der Waals surface area contributed by atoms with Gasteiger partial charge in [-0.05, 0) is 51.5 Å². The molecule has 34 heavy (non-hydrogen) atoms. The molecule has 2 rings (SSSR count). The average Bonchev–Trinajstić information content (AvgIpc) is 2.93. The number of amides is 1. The van der Waals surface area contributed by atoms with Crippen molar-refractivity contribution in [1.82, 2.24) is 19.4 Å². The van der Waals surface area contributed by atoms with Crippen molar-refractivity contribution in [3.8, 4) is 0 Å². The van der Waals surface area contributed by atoms with Crippen molar-refractivity contribution in [2.75, 3.05) is 20.6 Å². The Balaban J connectivity index is 2.11. The Morgan fingerprint density at radius 2 is 1.94 bits per heavy atom. The first-order chi connectivity index (χ1) is 15.6. The Hall–Kier alpha value is -2.14. The summed E-state index contributed by atoms with van der Waals surface area (Å²) >= 11 is 12.5. The topological polar surface area (TPSA) is 93.5 Å². The molecule has 0 saturated carbocycles. The summed E-state index contributed by atoms with van der Waals surface area (Å²) in [6.07, 6.45) is 0.917. The molecular weight excluding hydrogens is 506 g/mol. The number of ether oxygens (including phenoxy) is 1. The van der Waals surface area contributed by atoms with Gasteiger partial charge in [-0.15, -0.1) is 0 Å². The lowest BCUT2D eigenvalue weighted by Crippen LogP contribution is -2.32. The van der Waals surface area contributed by atoms with Crippen LogP contribution in [0.25, 0.3) is 0 Å². The van der Waals surface area contributed by atoms with E-state index in [9.17, 15) is 17.6 Å². The summed E-state index contributed by atoms with van der Waals surface area (Å²) in [6.45, 7) is 6.76. The molecule has 0 fully saturated rings. The fourth-order valence-corrected chi connectivity index (χ4v) is 4.66. The Morgan fingerprint density at radius 3 is 2.50 bits per heavy atom. The molecule has 188 valence electrons. The molecule has 0 aliphatic heterocycles. The highest BCUT2D eigenvalue weighted by Crippen LogP contribution is 2.28. The highest BCUT2D eigenvalue weighted by Gasteiger charge is 2.22. The Morgan fingerprint density at radius 1 is 1.29 bits per heavy atom. The van der Waals surface area contributed by atoms with Gasteiger partial charge in [0.05, 0.1) is 11.6 Å². The number of carbonyl (C=O) groups is 1. The molecule has 0 spiro atoms. The normalized spacial score (nSPS) is 12.8. The van der Waals surface area contributed by atoms with E-state index in [-0.39, 0.29) is 28.2 Å². The van der Waals surface area contributed by atoms with Crippen LogP contribution < -0.4 is 5.32 Å². The zero-order valence-electron chi connectivity index (χ0n) is 19.9. The maximum Gasteiger partial charge on any atom is 0.407 e. The Labute approximate surface area is 209 Å². The number of aromatic nitrogens is 2. The van der Waals surface area contributed by atoms with Crippen LogP contribution in [0, 0.1) is 6.92 Å². The van der Waals surface area contributed by atoms with E-state index in [0.717, 1.165) is 9.87 Å². The number of nitrogens with zero attached hydrogens (tertiary/aromatic N) is 3. The fraction of sp³-hybridized carbons (Fsp3) is 0.455. The quantitative estimate of drug-likeness (QED) is 0.528. The first-order valence-corrected chi connectivity index (χ1v) is 12.6. The molecule has 1 aromatic heterocycles. The van der Waals surface area contributed by atoms with Crippen LogP contribution in [0.2, 0.25) is 10.2 Å². The van der Waals surface area contributed by atoms with Gasteiger partial charge in [0.25, 0.3) is 0 Å². The number of sulfonamides is 1. The Kier molecular flexibility index (Phi) is 9.15. The number of hydrogen-bond donors (Lipinski definition) is 1. The smallest absolute Gasteiger partial charge is 0.407 e. The maximum atomic E-state index is 14.4. The third-order valence-corrected chi connectivity index (χ3v) is 7.29. The van der Waals surface area contributed by atoms with Gasteiger partial charge in [-0.2, -0.15) is 5.10 Å². The molecule has 1 N–H and O–H groups in total. The molecule has 0 bridgehead atoms. The second kappa shape index (κ2) is 11.1. The van der Waals surface area contributed by atoms with E-state index in [0.29, 0.717) is 17.7 Å². The van der Waals surface area contributed by atoms with Crippen LogP contribution in [0.3, 0.4) is 0 Å². The number of nitrogens with one attached hydrogen (secondary N) is 1. The first-order valence-electron chi connectivity index (χ1n) is 10.4. The van der Waals surface area contributed by atoms with Gasteiger partial charge in [0.1, 0.15) is 16.3 Å². The number of allylic oxidation sites excluding steroid dienone is 1. The van der Waals surface area contributed by atoms with Crippen LogP contribution in [0.4, 0.5) is 9.18 Å². The van der Waals surface area contributed by atoms with Crippen molar-refractivity contribution in [3.63, 3.8) is 0 Å². The molecule has 12 heteroatoms. The highest BCUT2D eigenvalue weighted by atomic mass is 35.5. The number of hydrogen-bond acceptors (Lipinski definition) is 5. The minimum absolute atomic E-state index is 0.00799. The summed E-state index contributed by atoms with van der Waals surface area (Å²) < 4.78 is 46.7. The van der Waals surface area contributed by atoms with E-state index in [1.54, 1.807) is 39.8 Å². The van der Waals surface area contributed by atoms with Gasteiger partial charge in [-0.1, -0.05) is 29.3 Å². The monoisotopic (exact) mass is 534 g/mol. The van der Waals surface area contributed by atoms with Gasteiger partial charge in [0, 0.05) is 38.3 Å². The van der Waals surface area contributed by atoms with Crippen molar-refractivity contribution in [2.24, 2.45) is 0 Å². The minimum Gasteiger partial charge on any atom is -0.444 e. The lowest BCUT2D eigenvalue weighted by Gasteiger charge is -2.19. The van der Waals surface area contributed by atoms with Crippen LogP contribution in [0.15, 0.2) is 35.0 Å². The summed E-state index contributed by atoms with van der Waals surface area (Å²) in [6, 6.07) is 4.66. The number of carbonyl (C=O) groups excluding carboxylic acids is 1. The van der Waals surface area contributed by atoms with E-state index >= 15 is 0 Å². The zero-order valence-corrected chi connectivity index (χ0v) is 22.3. The van der Waals surface area contributed by atoms with Crippen LogP contribution in [-0.2, 0) is 27.7 Å². The van der Waals surface area contributed by atoms with Gasteiger partial charge in [0.2, 0.25) is 10.0 Å². The van der Waals surface area contributed by atoms with Gasteiger partial charge < -0.3 is 10.1 Å². The SMILES string of the molecule is Cc1c(Cc2ccc(S(=O)(=O)N(C)C)c(Cl)c2)c(Cl)nn1C/C(F)=C/CNC(=O)OC(C)(C)C. The second-order valence-corrected chi connectivity index (χ2v) is 11.7. The van der Waals surface area contributed by atoms with Crippen molar-refractivity contribution in [1.29, 1.82) is 0 Å². The van der Waals surface area contributed by atoms with Crippen molar-refractivity contribution >= 4 is 39.3 Å². The summed E-state index contributed by atoms with van der Waals surface area (Å²) in [4.78, 5) is 11.7. The number of rotatable bonds is 8. The van der Waals surface area contributed by atoms with Crippen LogP contribution in [0.1, 0.15) is 37.6 Å². The maximum absolute atomic E-state index is 14.4. The summed E-state index contributed by atoms with van der Waals surface area (Å²) in [5, 5.41) is 6.95. The third kappa shape index (κ3) is 7.43. The first kappa shape index (κ1) is 28.1. The molecular formula is C22H29Cl2FN4O4S. The van der Waals surface area contributed by atoms with Crippen LogP contribution in [-0.4, -0.2) is 54.8 Å². The molecule has 0 atom stereocenters. The predicted octanol–water partition coefficient (Wildman–Crippen LogP) is 4.72. The number of halogens is 3. The van der Waals surface area contributed by atoms with Gasteiger partial charge in [-0.3, -0.25) is 4.68 Å². The van der Waals surface area contributed by atoms with Crippen molar-refractivity contribution in [3.05, 3.63) is 57.1 Å². The fourth-order valence-electron chi connectivity index (χ4n) is 2.93. The number of alkyl carbamates (subject to hydrolysis) is 1. The summed E-state index contributed by atoms with van der Waals surface area (Å²) in [7, 11) is -0.811. The molecule has 0 unspecified atom stereocenters. The average molecular weight is 535 g/mol. The molecule has 0 saturated heterocycles. The third-order valence-electron chi connectivity index (χ3n) is 4.69. The molecule has 2 aromatic rings. The second-order valence-electron chi connectivity index (χ2n) is 8.78. The summed E-state index contributed by atoms with van der Waals surface area (Å²) in [5.41, 5.74) is 1.40. The lowest BCUT2D eigenvalue weighted by atomic mass is 10.1. The molecule has 1 heterocycles. The van der Waals surface area contributed by atoms with Gasteiger partial charge >= 0.3 is 6.09 Å². The van der Waals surface area contributed by atoms with Gasteiger partial charge in [0.15, 0.2) is 5.15 Å². The minimum atomic E-state index is -3.67. The molecule has 0 radical (unpaired) electrons. The Bertz CT molecular complexity index is 1190.